The van der Waals surface area contributed by atoms with E-state index in [1.807, 2.05) is 0 Å². The summed E-state index contributed by atoms with van der Waals surface area (Å²) in [4.78, 5) is 16.5. The van der Waals surface area contributed by atoms with Crippen molar-refractivity contribution >= 4 is 0 Å². The Labute approximate surface area is 72.9 Å². The van der Waals surface area contributed by atoms with Crippen molar-refractivity contribution < 1.29 is 41.5 Å². The molecule has 0 saturated carbocycles. The molecule has 0 unspecified atom stereocenters. The average Bonchev–Trinajstić information content (AvgIpc) is 1.25. The standard InChI is InChI=1S/2NO3.2H2O.Pd/c2*2-1(3)4;;;/h;;2*1H2;/q2*-1;;;+2. The molecule has 0 aliphatic heterocycles. The molecule has 4 N–H and O–H groups in total. The van der Waals surface area contributed by atoms with E-state index in [1.54, 1.807) is 0 Å². The third-order valence-electron chi connectivity index (χ3n) is 0. The minimum atomic E-state index is -1.75. The summed E-state index contributed by atoms with van der Waals surface area (Å²) in [5.41, 5.74) is 0. The van der Waals surface area contributed by atoms with Gasteiger partial charge in [-0.15, -0.1) is 0 Å². The van der Waals surface area contributed by atoms with Crippen molar-refractivity contribution in [2.75, 3.05) is 0 Å². The van der Waals surface area contributed by atoms with Gasteiger partial charge >= 0.3 is 20.4 Å². The van der Waals surface area contributed by atoms with E-state index in [1.165, 1.54) is 0 Å². The largest absolute Gasteiger partial charge is 2.00 e. The molecular weight excluding hydrogens is 262 g/mol. The summed E-state index contributed by atoms with van der Waals surface area (Å²) in [6.07, 6.45) is 0. The fourth-order valence-electron chi connectivity index (χ4n) is 0. The summed E-state index contributed by atoms with van der Waals surface area (Å²) in [7, 11) is 0. The Morgan fingerprint density at radius 2 is 0.727 bits per heavy atom. The maximum atomic E-state index is 8.25. The Morgan fingerprint density at radius 1 is 0.727 bits per heavy atom. The Bertz CT molecular complexity index is 70.1. The Morgan fingerprint density at radius 3 is 0.727 bits per heavy atom. The molecule has 11 heteroatoms. The minimum absolute atomic E-state index is 0. The van der Waals surface area contributed by atoms with Gasteiger partial charge < -0.3 is 41.6 Å². The zero-order valence-corrected chi connectivity index (χ0v) is 6.21. The van der Waals surface area contributed by atoms with Gasteiger partial charge in [0.15, 0.2) is 0 Å². The predicted molar refractivity (Wildman–Crippen MR) is 28.0 cm³/mol. The van der Waals surface area contributed by atoms with E-state index < -0.39 is 10.2 Å². The van der Waals surface area contributed by atoms with E-state index in [-0.39, 0.29) is 31.4 Å². The predicted octanol–water partition coefficient (Wildman–Crippen LogP) is -2.13. The van der Waals surface area contributed by atoms with Crippen LogP contribution in [0.25, 0.3) is 0 Å². The first-order chi connectivity index (χ1) is 3.46. The molecule has 0 aliphatic carbocycles. The summed E-state index contributed by atoms with van der Waals surface area (Å²) in [6, 6.07) is 0. The molecule has 0 rings (SSSR count). The number of rotatable bonds is 0. The molecule has 0 spiro atoms. The third-order valence-corrected chi connectivity index (χ3v) is 0. The molecule has 0 saturated heterocycles. The molecule has 0 amide bonds. The van der Waals surface area contributed by atoms with Gasteiger partial charge in [0.05, 0.1) is 10.2 Å². The summed E-state index contributed by atoms with van der Waals surface area (Å²) < 4.78 is 0. The van der Waals surface area contributed by atoms with Crippen molar-refractivity contribution in [1.29, 1.82) is 0 Å². The van der Waals surface area contributed by atoms with Crippen LogP contribution in [0.4, 0.5) is 0 Å². The van der Waals surface area contributed by atoms with Gasteiger partial charge in [0.1, 0.15) is 0 Å². The molecule has 72 valence electrons. The molecule has 0 aromatic rings. The van der Waals surface area contributed by atoms with Crippen LogP contribution in [0.1, 0.15) is 0 Å². The van der Waals surface area contributed by atoms with Crippen molar-refractivity contribution in [2.24, 2.45) is 0 Å². The quantitative estimate of drug-likeness (QED) is 0.272. The van der Waals surface area contributed by atoms with Crippen molar-refractivity contribution in [3.8, 4) is 0 Å². The molecule has 0 bridgehead atoms. The van der Waals surface area contributed by atoms with Gasteiger partial charge in [-0.05, 0) is 0 Å². The van der Waals surface area contributed by atoms with Gasteiger partial charge in [0.25, 0.3) is 0 Å². The SMILES string of the molecule is O.O.O=[N+]([O-])[O-].O=[N+]([O-])[O-].[Pd+2]. The fraction of sp³-hybridized carbons (Fsp3) is 0. The summed E-state index contributed by atoms with van der Waals surface area (Å²) >= 11 is 0. The van der Waals surface area contributed by atoms with Crippen molar-refractivity contribution in [2.45, 2.75) is 0 Å². The number of hydrogen-bond donors (Lipinski definition) is 0. The van der Waals surface area contributed by atoms with Crippen molar-refractivity contribution in [1.82, 2.24) is 0 Å². The molecular formula is H4N2O8Pd. The maximum Gasteiger partial charge on any atom is 2.00 e. The van der Waals surface area contributed by atoms with E-state index in [9.17, 15) is 0 Å². The van der Waals surface area contributed by atoms with Gasteiger partial charge in [0.2, 0.25) is 0 Å². The van der Waals surface area contributed by atoms with E-state index in [0.717, 1.165) is 0 Å². The molecule has 0 radical (unpaired) electrons. The topological polar surface area (TPSA) is 195 Å². The van der Waals surface area contributed by atoms with E-state index in [0.29, 0.717) is 0 Å². The van der Waals surface area contributed by atoms with Gasteiger partial charge in [-0.3, -0.25) is 0 Å². The van der Waals surface area contributed by atoms with Gasteiger partial charge in [-0.2, -0.15) is 0 Å². The summed E-state index contributed by atoms with van der Waals surface area (Å²) in [6.45, 7) is 0. The fourth-order valence-corrected chi connectivity index (χ4v) is 0. The van der Waals surface area contributed by atoms with Crippen LogP contribution < -0.4 is 0 Å². The van der Waals surface area contributed by atoms with Crippen LogP contribution in [-0.2, 0) is 20.4 Å². The van der Waals surface area contributed by atoms with E-state index >= 15 is 0 Å². The van der Waals surface area contributed by atoms with Crippen LogP contribution in [0.2, 0.25) is 0 Å². The second-order valence-electron chi connectivity index (χ2n) is 0.447. The van der Waals surface area contributed by atoms with E-state index in [4.69, 9.17) is 30.6 Å². The molecule has 0 aromatic carbocycles. The minimum Gasteiger partial charge on any atom is -0.412 e. The molecule has 0 aromatic heterocycles. The molecule has 0 heterocycles. The Balaban J connectivity index is -0.0000000171. The third kappa shape index (κ3) is 423. The second-order valence-corrected chi connectivity index (χ2v) is 0.447. The first kappa shape index (κ1) is 32.4. The van der Waals surface area contributed by atoms with Crippen molar-refractivity contribution in [3.63, 3.8) is 0 Å². The zero-order valence-electron chi connectivity index (χ0n) is 4.66. The summed E-state index contributed by atoms with van der Waals surface area (Å²) in [5.74, 6) is 0. The van der Waals surface area contributed by atoms with Crippen LogP contribution in [0.15, 0.2) is 0 Å². The first-order valence-corrected chi connectivity index (χ1v) is 1.10. The number of hydrogen-bond acceptors (Lipinski definition) is 6. The van der Waals surface area contributed by atoms with Crippen molar-refractivity contribution in [3.05, 3.63) is 30.6 Å². The smallest absolute Gasteiger partial charge is 0.412 e. The van der Waals surface area contributed by atoms with E-state index in [2.05, 4.69) is 0 Å². The van der Waals surface area contributed by atoms with Crippen LogP contribution in [0.5, 0.6) is 0 Å². The molecule has 0 aliphatic rings. The van der Waals surface area contributed by atoms with Gasteiger partial charge in [-0.25, -0.2) is 0 Å². The zero-order chi connectivity index (χ0) is 7.15. The maximum absolute atomic E-state index is 8.25. The Hall–Kier alpha value is -1.02. The molecule has 0 fully saturated rings. The number of nitrogens with zero attached hydrogens (tertiary/aromatic N) is 2. The Kier molecular flexibility index (Phi) is 68.0. The van der Waals surface area contributed by atoms with Gasteiger partial charge in [-0.1, -0.05) is 0 Å². The van der Waals surface area contributed by atoms with Crippen LogP contribution in [-0.4, -0.2) is 21.1 Å². The van der Waals surface area contributed by atoms with Crippen LogP contribution >= 0.6 is 0 Å². The monoisotopic (exact) mass is 266 g/mol. The molecule has 10 nitrogen and oxygen atoms in total. The van der Waals surface area contributed by atoms with Gasteiger partial charge in [0, 0.05) is 0 Å². The average molecular weight is 266 g/mol. The van der Waals surface area contributed by atoms with Crippen LogP contribution in [0, 0.1) is 30.6 Å². The summed E-state index contributed by atoms with van der Waals surface area (Å²) in [5, 5.41) is 29.5. The molecule has 0 atom stereocenters. The normalized spacial score (nSPS) is 4.36. The van der Waals surface area contributed by atoms with Crippen LogP contribution in [0.3, 0.4) is 0 Å². The second kappa shape index (κ2) is 23.1. The molecule has 11 heavy (non-hydrogen) atoms. The first-order valence-electron chi connectivity index (χ1n) is 1.10.